The third kappa shape index (κ3) is 2.70. The molecule has 0 amide bonds. The predicted molar refractivity (Wildman–Crippen MR) is 62.8 cm³/mol. The number of hydrogen-bond acceptors (Lipinski definition) is 6. The molecule has 1 saturated heterocycles. The van der Waals surface area contributed by atoms with Crippen LogP contribution < -0.4 is 0 Å². The Hall–Kier alpha value is -1.01. The van der Waals surface area contributed by atoms with Crippen molar-refractivity contribution in [3.63, 3.8) is 0 Å². The van der Waals surface area contributed by atoms with E-state index < -0.39 is 5.79 Å². The Morgan fingerprint density at radius 3 is 2.33 bits per heavy atom. The van der Waals surface area contributed by atoms with Gasteiger partial charge in [-0.25, -0.2) is 0 Å². The Morgan fingerprint density at radius 2 is 1.83 bits per heavy atom. The number of carbonyl (C=O) groups is 1. The molecule has 18 heavy (non-hydrogen) atoms. The van der Waals surface area contributed by atoms with Gasteiger partial charge in [0.25, 0.3) is 0 Å². The molecule has 2 fully saturated rings. The molecule has 1 aliphatic heterocycles. The van der Waals surface area contributed by atoms with E-state index in [9.17, 15) is 9.70 Å². The minimum absolute atomic E-state index is 0.151. The van der Waals surface area contributed by atoms with E-state index in [1.165, 1.54) is 7.11 Å². The second kappa shape index (κ2) is 5.32. The monoisotopic (exact) mass is 257 g/mol. The van der Waals surface area contributed by atoms with Crippen LogP contribution in [0.3, 0.4) is 0 Å². The van der Waals surface area contributed by atoms with Gasteiger partial charge in [-0.15, -0.1) is 0 Å². The summed E-state index contributed by atoms with van der Waals surface area (Å²) in [6, 6.07) is 0. The molecule has 102 valence electrons. The molecule has 1 heterocycles. The minimum atomic E-state index is -0.484. The van der Waals surface area contributed by atoms with Crippen LogP contribution in [0.2, 0.25) is 0 Å². The average Bonchev–Trinajstić information content (AvgIpc) is 2.83. The van der Waals surface area contributed by atoms with Crippen molar-refractivity contribution in [2.24, 2.45) is 10.6 Å². The van der Waals surface area contributed by atoms with Crippen molar-refractivity contribution >= 4 is 5.97 Å². The molecule has 0 radical (unpaired) electrons. The van der Waals surface area contributed by atoms with Crippen molar-refractivity contribution in [2.75, 3.05) is 26.9 Å². The van der Waals surface area contributed by atoms with Crippen LogP contribution in [0, 0.1) is 10.3 Å². The van der Waals surface area contributed by atoms with E-state index in [0.717, 1.165) is 0 Å². The van der Waals surface area contributed by atoms with Crippen LogP contribution in [0.15, 0.2) is 5.18 Å². The molecule has 0 N–H and O–H groups in total. The van der Waals surface area contributed by atoms with Gasteiger partial charge in [0.1, 0.15) is 0 Å². The number of nitroso groups, excluding NO2 is 1. The zero-order valence-corrected chi connectivity index (χ0v) is 10.6. The predicted octanol–water partition coefficient (Wildman–Crippen LogP) is 1.62. The highest BCUT2D eigenvalue weighted by atomic mass is 16.7. The summed E-state index contributed by atoms with van der Waals surface area (Å²) in [7, 11) is 1.36. The highest BCUT2D eigenvalue weighted by molar-refractivity contribution is 5.70. The molecule has 1 aliphatic carbocycles. The average molecular weight is 257 g/mol. The largest absolute Gasteiger partial charge is 0.469 e. The summed E-state index contributed by atoms with van der Waals surface area (Å²) in [5.74, 6) is -0.773. The van der Waals surface area contributed by atoms with E-state index in [1.54, 1.807) is 0 Å². The van der Waals surface area contributed by atoms with Crippen LogP contribution in [-0.2, 0) is 19.0 Å². The van der Waals surface area contributed by atoms with Crippen LogP contribution >= 0.6 is 0 Å². The Balaban J connectivity index is 2.00. The first kappa shape index (κ1) is 13.4. The first-order valence-corrected chi connectivity index (χ1v) is 6.28. The van der Waals surface area contributed by atoms with Crippen molar-refractivity contribution in [3.8, 4) is 0 Å². The zero-order valence-electron chi connectivity index (χ0n) is 10.6. The zero-order chi connectivity index (χ0) is 13.1. The van der Waals surface area contributed by atoms with E-state index in [1.807, 2.05) is 0 Å². The first-order chi connectivity index (χ1) is 8.64. The molecule has 6 heteroatoms. The molecular weight excluding hydrogens is 238 g/mol. The van der Waals surface area contributed by atoms with Gasteiger partial charge < -0.3 is 14.2 Å². The smallest absolute Gasteiger partial charge is 0.306 e. The van der Waals surface area contributed by atoms with Crippen molar-refractivity contribution in [1.29, 1.82) is 0 Å². The fourth-order valence-electron chi connectivity index (χ4n) is 2.85. The highest BCUT2D eigenvalue weighted by Crippen LogP contribution is 2.46. The Kier molecular flexibility index (Phi) is 3.97. The maximum Gasteiger partial charge on any atom is 0.306 e. The van der Waals surface area contributed by atoms with Crippen LogP contribution in [0.25, 0.3) is 0 Å². The van der Waals surface area contributed by atoms with Gasteiger partial charge in [0, 0.05) is 18.3 Å². The van der Waals surface area contributed by atoms with Crippen molar-refractivity contribution in [2.45, 2.75) is 37.9 Å². The third-order valence-electron chi connectivity index (χ3n) is 4.03. The Morgan fingerprint density at radius 1 is 1.22 bits per heavy atom. The summed E-state index contributed by atoms with van der Waals surface area (Å²) in [5.41, 5.74) is -0.380. The maximum absolute atomic E-state index is 11.4. The minimum Gasteiger partial charge on any atom is -0.469 e. The molecule has 6 nitrogen and oxygen atoms in total. The fourth-order valence-corrected chi connectivity index (χ4v) is 2.85. The molecule has 0 atom stereocenters. The maximum atomic E-state index is 11.4. The summed E-state index contributed by atoms with van der Waals surface area (Å²) < 4.78 is 16.0. The van der Waals surface area contributed by atoms with Crippen LogP contribution in [0.1, 0.15) is 32.1 Å². The standard InChI is InChI=1S/C12H19NO5/c1-16-10(14)8-11(9-13-15)2-4-12(5-3-11)17-6-7-18-12/h2-9H2,1H3. The van der Waals surface area contributed by atoms with Gasteiger partial charge in [-0.3, -0.25) is 4.79 Å². The van der Waals surface area contributed by atoms with Gasteiger partial charge >= 0.3 is 5.97 Å². The molecule has 2 aliphatic rings. The highest BCUT2D eigenvalue weighted by Gasteiger charge is 2.47. The third-order valence-corrected chi connectivity index (χ3v) is 4.03. The number of nitrogens with zero attached hydrogens (tertiary/aromatic N) is 1. The molecule has 0 bridgehead atoms. The summed E-state index contributed by atoms with van der Waals surface area (Å²) in [5, 5.41) is 2.99. The van der Waals surface area contributed by atoms with Gasteiger partial charge in [0.15, 0.2) is 5.79 Å². The molecular formula is C12H19NO5. The lowest BCUT2D eigenvalue weighted by Crippen LogP contribution is -2.42. The van der Waals surface area contributed by atoms with Gasteiger partial charge in [0.2, 0.25) is 0 Å². The van der Waals surface area contributed by atoms with Crippen molar-refractivity contribution in [3.05, 3.63) is 4.91 Å². The number of hydrogen-bond donors (Lipinski definition) is 0. The number of ether oxygens (including phenoxy) is 3. The van der Waals surface area contributed by atoms with E-state index in [-0.39, 0.29) is 24.3 Å². The lowest BCUT2D eigenvalue weighted by molar-refractivity contribution is -0.193. The second-order valence-electron chi connectivity index (χ2n) is 5.15. The van der Waals surface area contributed by atoms with Crippen LogP contribution in [0.4, 0.5) is 0 Å². The number of carbonyl (C=O) groups excluding carboxylic acids is 1. The van der Waals surface area contributed by atoms with Gasteiger partial charge in [-0.1, -0.05) is 5.18 Å². The summed E-state index contributed by atoms with van der Waals surface area (Å²) in [6.07, 6.45) is 3.06. The van der Waals surface area contributed by atoms with Gasteiger partial charge in [-0.05, 0) is 12.8 Å². The topological polar surface area (TPSA) is 74.2 Å². The lowest BCUT2D eigenvalue weighted by atomic mass is 9.70. The number of rotatable bonds is 4. The quantitative estimate of drug-likeness (QED) is 0.565. The van der Waals surface area contributed by atoms with E-state index in [4.69, 9.17) is 14.2 Å². The van der Waals surface area contributed by atoms with Crippen molar-refractivity contribution in [1.82, 2.24) is 0 Å². The van der Waals surface area contributed by atoms with E-state index >= 15 is 0 Å². The first-order valence-electron chi connectivity index (χ1n) is 6.28. The van der Waals surface area contributed by atoms with Crippen molar-refractivity contribution < 1.29 is 19.0 Å². The summed E-state index contributed by atoms with van der Waals surface area (Å²) >= 11 is 0. The van der Waals surface area contributed by atoms with Gasteiger partial charge in [0.05, 0.1) is 33.3 Å². The SMILES string of the molecule is COC(=O)CC1(CN=O)CCC2(CC1)OCCO2. The number of esters is 1. The van der Waals surface area contributed by atoms with Gasteiger partial charge in [-0.2, -0.15) is 4.91 Å². The van der Waals surface area contributed by atoms with Crippen LogP contribution in [0.5, 0.6) is 0 Å². The molecule has 0 aromatic heterocycles. The second-order valence-corrected chi connectivity index (χ2v) is 5.15. The van der Waals surface area contributed by atoms with E-state index in [2.05, 4.69) is 5.18 Å². The fraction of sp³-hybridized carbons (Fsp3) is 0.917. The molecule has 0 aromatic rings. The molecule has 1 saturated carbocycles. The summed E-state index contributed by atoms with van der Waals surface area (Å²) in [4.78, 5) is 22.0. The molecule has 2 rings (SSSR count). The summed E-state index contributed by atoms with van der Waals surface area (Å²) in [6.45, 7) is 1.39. The number of methoxy groups -OCH3 is 1. The van der Waals surface area contributed by atoms with Crippen LogP contribution in [-0.4, -0.2) is 38.6 Å². The Labute approximate surface area is 106 Å². The Bertz CT molecular complexity index is 314. The lowest BCUT2D eigenvalue weighted by Gasteiger charge is -2.41. The van der Waals surface area contributed by atoms with E-state index in [0.29, 0.717) is 38.9 Å². The normalized spacial score (nSPS) is 24.9. The molecule has 1 spiro atoms. The molecule has 0 unspecified atom stereocenters. The molecule has 0 aromatic carbocycles.